The predicted octanol–water partition coefficient (Wildman–Crippen LogP) is 2.91. The van der Waals surface area contributed by atoms with E-state index in [0.29, 0.717) is 24.2 Å². The highest BCUT2D eigenvalue weighted by atomic mass is 19.1. The SMILES string of the molecule is Cc1cc(F)cc2c1N(CCc1ccccc1)C(=O)C2=O. The first kappa shape index (κ1) is 13.5. The highest BCUT2D eigenvalue weighted by Crippen LogP contribution is 2.33. The number of aryl methyl sites for hydroxylation is 1. The fourth-order valence-corrected chi connectivity index (χ4v) is 2.71. The summed E-state index contributed by atoms with van der Waals surface area (Å²) in [6.07, 6.45) is 0.649. The molecule has 0 N–H and O–H groups in total. The van der Waals surface area contributed by atoms with Gasteiger partial charge in [-0.25, -0.2) is 4.39 Å². The van der Waals surface area contributed by atoms with Crippen LogP contribution in [0.25, 0.3) is 0 Å². The van der Waals surface area contributed by atoms with Crippen LogP contribution in [0.15, 0.2) is 42.5 Å². The fourth-order valence-electron chi connectivity index (χ4n) is 2.71. The van der Waals surface area contributed by atoms with Gasteiger partial charge in [-0.15, -0.1) is 0 Å². The lowest BCUT2D eigenvalue weighted by molar-refractivity contribution is -0.114. The molecule has 0 atom stereocenters. The van der Waals surface area contributed by atoms with Crippen molar-refractivity contribution in [1.29, 1.82) is 0 Å². The molecule has 4 heteroatoms. The molecular formula is C17H14FNO2. The molecule has 0 spiro atoms. The summed E-state index contributed by atoms with van der Waals surface area (Å²) in [5.41, 5.74) is 2.41. The van der Waals surface area contributed by atoms with E-state index in [-0.39, 0.29) is 5.56 Å². The van der Waals surface area contributed by atoms with Crippen molar-refractivity contribution in [2.45, 2.75) is 13.3 Å². The first-order valence-corrected chi connectivity index (χ1v) is 6.78. The topological polar surface area (TPSA) is 37.4 Å². The van der Waals surface area contributed by atoms with Gasteiger partial charge in [-0.05, 0) is 36.6 Å². The number of Topliss-reactive ketones (excluding diaryl/α,β-unsaturated/α-hetero) is 1. The Morgan fingerprint density at radius 1 is 1.10 bits per heavy atom. The molecule has 0 saturated heterocycles. The van der Waals surface area contributed by atoms with Gasteiger partial charge < -0.3 is 4.90 Å². The highest BCUT2D eigenvalue weighted by molar-refractivity contribution is 6.52. The smallest absolute Gasteiger partial charge is 0.299 e. The van der Waals surface area contributed by atoms with Crippen molar-refractivity contribution in [2.24, 2.45) is 0 Å². The third-order valence-electron chi connectivity index (χ3n) is 3.69. The Balaban J connectivity index is 1.91. The van der Waals surface area contributed by atoms with Crippen molar-refractivity contribution in [3.05, 3.63) is 65.0 Å². The number of rotatable bonds is 3. The molecule has 0 fully saturated rings. The lowest BCUT2D eigenvalue weighted by Crippen LogP contribution is -2.32. The summed E-state index contributed by atoms with van der Waals surface area (Å²) < 4.78 is 13.4. The molecule has 0 unspecified atom stereocenters. The minimum Gasteiger partial charge on any atom is -0.304 e. The number of halogens is 1. The molecule has 2 aromatic rings. The number of anilines is 1. The monoisotopic (exact) mass is 283 g/mol. The summed E-state index contributed by atoms with van der Waals surface area (Å²) in [4.78, 5) is 25.5. The quantitative estimate of drug-likeness (QED) is 0.812. The molecule has 1 heterocycles. The van der Waals surface area contributed by atoms with E-state index in [1.807, 2.05) is 30.3 Å². The first-order valence-electron chi connectivity index (χ1n) is 6.78. The molecule has 1 aliphatic heterocycles. The van der Waals surface area contributed by atoms with Crippen molar-refractivity contribution < 1.29 is 14.0 Å². The zero-order valence-corrected chi connectivity index (χ0v) is 11.6. The summed E-state index contributed by atoms with van der Waals surface area (Å²) in [7, 11) is 0. The van der Waals surface area contributed by atoms with E-state index < -0.39 is 17.5 Å². The van der Waals surface area contributed by atoms with E-state index in [2.05, 4.69) is 0 Å². The van der Waals surface area contributed by atoms with Crippen molar-refractivity contribution in [3.63, 3.8) is 0 Å². The van der Waals surface area contributed by atoms with Gasteiger partial charge in [0.1, 0.15) is 5.82 Å². The fraction of sp³-hybridized carbons (Fsp3) is 0.176. The molecule has 0 aromatic heterocycles. The van der Waals surface area contributed by atoms with Gasteiger partial charge in [-0.1, -0.05) is 30.3 Å². The van der Waals surface area contributed by atoms with Gasteiger partial charge in [0, 0.05) is 6.54 Å². The van der Waals surface area contributed by atoms with Crippen LogP contribution < -0.4 is 4.90 Å². The van der Waals surface area contributed by atoms with E-state index in [9.17, 15) is 14.0 Å². The Morgan fingerprint density at radius 3 is 2.52 bits per heavy atom. The van der Waals surface area contributed by atoms with Gasteiger partial charge in [0.25, 0.3) is 11.7 Å². The van der Waals surface area contributed by atoms with E-state index in [1.165, 1.54) is 11.0 Å². The number of benzene rings is 2. The zero-order chi connectivity index (χ0) is 15.0. The summed E-state index contributed by atoms with van der Waals surface area (Å²) in [6.45, 7) is 2.12. The van der Waals surface area contributed by atoms with Crippen molar-refractivity contribution in [2.75, 3.05) is 11.4 Å². The Kier molecular flexibility index (Phi) is 3.29. The van der Waals surface area contributed by atoms with E-state index in [1.54, 1.807) is 6.92 Å². The van der Waals surface area contributed by atoms with Crippen molar-refractivity contribution >= 4 is 17.4 Å². The Bertz CT molecular complexity index is 725. The van der Waals surface area contributed by atoms with E-state index in [0.717, 1.165) is 11.6 Å². The largest absolute Gasteiger partial charge is 0.304 e. The number of fused-ring (bicyclic) bond motifs is 1. The second kappa shape index (κ2) is 5.13. The molecule has 106 valence electrons. The predicted molar refractivity (Wildman–Crippen MR) is 78.0 cm³/mol. The molecule has 0 radical (unpaired) electrons. The molecule has 0 aliphatic carbocycles. The van der Waals surface area contributed by atoms with Crippen LogP contribution in [0, 0.1) is 12.7 Å². The maximum absolute atomic E-state index is 13.4. The van der Waals surface area contributed by atoms with Crippen LogP contribution in [0.4, 0.5) is 10.1 Å². The normalized spacial score (nSPS) is 13.7. The van der Waals surface area contributed by atoms with Crippen LogP contribution in [-0.2, 0) is 11.2 Å². The van der Waals surface area contributed by atoms with Crippen molar-refractivity contribution in [1.82, 2.24) is 0 Å². The number of carbonyl (C=O) groups is 2. The highest BCUT2D eigenvalue weighted by Gasteiger charge is 2.37. The van der Waals surface area contributed by atoms with Crippen LogP contribution in [0.2, 0.25) is 0 Å². The van der Waals surface area contributed by atoms with Gasteiger partial charge in [0.2, 0.25) is 0 Å². The Hall–Kier alpha value is -2.49. The number of amides is 1. The van der Waals surface area contributed by atoms with Gasteiger partial charge in [-0.2, -0.15) is 0 Å². The zero-order valence-electron chi connectivity index (χ0n) is 11.6. The van der Waals surface area contributed by atoms with Crippen LogP contribution in [-0.4, -0.2) is 18.2 Å². The molecule has 0 bridgehead atoms. The number of hydrogen-bond acceptors (Lipinski definition) is 2. The standard InChI is InChI=1S/C17H14FNO2/c1-11-9-13(18)10-14-15(11)19(17(21)16(14)20)8-7-12-5-3-2-4-6-12/h2-6,9-10H,7-8H2,1H3. The number of carbonyl (C=O) groups excluding carboxylic acids is 2. The van der Waals surface area contributed by atoms with Crippen LogP contribution >= 0.6 is 0 Å². The Labute approximate surface area is 122 Å². The first-order chi connectivity index (χ1) is 10.1. The van der Waals surface area contributed by atoms with E-state index >= 15 is 0 Å². The minimum absolute atomic E-state index is 0.172. The molecular weight excluding hydrogens is 269 g/mol. The third-order valence-corrected chi connectivity index (χ3v) is 3.69. The average molecular weight is 283 g/mol. The van der Waals surface area contributed by atoms with Crippen LogP contribution in [0.5, 0.6) is 0 Å². The summed E-state index contributed by atoms with van der Waals surface area (Å²) in [5.74, 6) is -1.69. The molecule has 2 aromatic carbocycles. The molecule has 3 rings (SSSR count). The summed E-state index contributed by atoms with van der Waals surface area (Å²) in [5, 5.41) is 0. The molecule has 0 saturated carbocycles. The maximum atomic E-state index is 13.4. The Morgan fingerprint density at radius 2 is 1.81 bits per heavy atom. The number of hydrogen-bond donors (Lipinski definition) is 0. The lowest BCUT2D eigenvalue weighted by atomic mass is 10.1. The molecule has 3 nitrogen and oxygen atoms in total. The minimum atomic E-state index is -0.624. The summed E-state index contributed by atoms with van der Waals surface area (Å²) in [6, 6.07) is 12.2. The van der Waals surface area contributed by atoms with Gasteiger partial charge in [-0.3, -0.25) is 9.59 Å². The van der Waals surface area contributed by atoms with Crippen LogP contribution in [0.1, 0.15) is 21.5 Å². The summed E-state index contributed by atoms with van der Waals surface area (Å²) >= 11 is 0. The van der Waals surface area contributed by atoms with Gasteiger partial charge in [0.15, 0.2) is 0 Å². The lowest BCUT2D eigenvalue weighted by Gasteiger charge is -2.18. The van der Waals surface area contributed by atoms with E-state index in [4.69, 9.17) is 0 Å². The molecule has 1 aliphatic rings. The number of nitrogens with zero attached hydrogens (tertiary/aromatic N) is 1. The van der Waals surface area contributed by atoms with Crippen LogP contribution in [0.3, 0.4) is 0 Å². The van der Waals surface area contributed by atoms with Crippen molar-refractivity contribution in [3.8, 4) is 0 Å². The second-order valence-electron chi connectivity index (χ2n) is 5.14. The molecule has 1 amide bonds. The number of ketones is 1. The average Bonchev–Trinajstić information content (AvgIpc) is 2.71. The molecule has 21 heavy (non-hydrogen) atoms. The maximum Gasteiger partial charge on any atom is 0.299 e. The third kappa shape index (κ3) is 2.33. The second-order valence-corrected chi connectivity index (χ2v) is 5.14. The van der Waals surface area contributed by atoms with Gasteiger partial charge >= 0.3 is 0 Å². The van der Waals surface area contributed by atoms with Gasteiger partial charge in [0.05, 0.1) is 11.3 Å².